The van der Waals surface area contributed by atoms with E-state index in [-0.39, 0.29) is 11.8 Å². The van der Waals surface area contributed by atoms with Crippen molar-refractivity contribution in [2.24, 2.45) is 0 Å². The van der Waals surface area contributed by atoms with E-state index in [0.717, 1.165) is 11.4 Å². The molecule has 0 saturated carbocycles. The SMILES string of the molecule is CC(C)c1nncn1CCNC(=O)[C@@H](c1cc(Cl)cc(Cl)c1)N(C)C. The third-order valence-electron chi connectivity index (χ3n) is 3.78. The molecule has 0 saturated heterocycles. The van der Waals surface area contributed by atoms with Crippen LogP contribution in [0.15, 0.2) is 24.5 Å². The van der Waals surface area contributed by atoms with E-state index >= 15 is 0 Å². The molecule has 6 nitrogen and oxygen atoms in total. The van der Waals surface area contributed by atoms with Gasteiger partial charge in [0.15, 0.2) is 0 Å². The highest BCUT2D eigenvalue weighted by Gasteiger charge is 2.23. The fourth-order valence-electron chi connectivity index (χ4n) is 2.70. The molecule has 1 amide bonds. The molecule has 0 fully saturated rings. The van der Waals surface area contributed by atoms with Gasteiger partial charge in [-0.1, -0.05) is 37.0 Å². The van der Waals surface area contributed by atoms with Gasteiger partial charge in [-0.05, 0) is 37.9 Å². The lowest BCUT2D eigenvalue weighted by molar-refractivity contribution is -0.125. The van der Waals surface area contributed by atoms with Crippen LogP contribution in [0.5, 0.6) is 0 Å². The first-order valence-corrected chi connectivity index (χ1v) is 8.83. The van der Waals surface area contributed by atoms with Gasteiger partial charge in [0.05, 0.1) is 0 Å². The fourth-order valence-corrected chi connectivity index (χ4v) is 3.24. The number of rotatable bonds is 7. The van der Waals surface area contributed by atoms with Crippen LogP contribution < -0.4 is 5.32 Å². The zero-order valence-electron chi connectivity index (χ0n) is 14.8. The predicted molar refractivity (Wildman–Crippen MR) is 100 cm³/mol. The summed E-state index contributed by atoms with van der Waals surface area (Å²) in [5, 5.41) is 12.0. The highest BCUT2D eigenvalue weighted by atomic mass is 35.5. The summed E-state index contributed by atoms with van der Waals surface area (Å²) in [6.45, 7) is 5.21. The third-order valence-corrected chi connectivity index (χ3v) is 4.22. The number of halogens is 2. The molecule has 1 N–H and O–H groups in total. The van der Waals surface area contributed by atoms with Crippen molar-refractivity contribution in [2.45, 2.75) is 32.4 Å². The largest absolute Gasteiger partial charge is 0.353 e. The van der Waals surface area contributed by atoms with Crippen LogP contribution in [0.3, 0.4) is 0 Å². The summed E-state index contributed by atoms with van der Waals surface area (Å²) in [7, 11) is 3.69. The molecule has 2 rings (SSSR count). The molecule has 25 heavy (non-hydrogen) atoms. The van der Waals surface area contributed by atoms with Gasteiger partial charge in [-0.15, -0.1) is 10.2 Å². The normalized spacial score (nSPS) is 12.6. The Kier molecular flexibility index (Phi) is 6.81. The molecule has 1 aromatic carbocycles. The number of hydrogen-bond acceptors (Lipinski definition) is 4. The highest BCUT2D eigenvalue weighted by molar-refractivity contribution is 6.34. The number of benzene rings is 1. The number of aromatic nitrogens is 3. The van der Waals surface area contributed by atoms with Crippen LogP contribution >= 0.6 is 23.2 Å². The van der Waals surface area contributed by atoms with E-state index in [1.165, 1.54) is 0 Å². The number of carbonyl (C=O) groups excluding carboxylic acids is 1. The lowest BCUT2D eigenvalue weighted by Crippen LogP contribution is -2.38. The van der Waals surface area contributed by atoms with Crippen molar-refractivity contribution in [3.05, 3.63) is 46.0 Å². The van der Waals surface area contributed by atoms with Crippen LogP contribution in [0.4, 0.5) is 0 Å². The predicted octanol–water partition coefficient (Wildman–Crippen LogP) is 3.13. The van der Waals surface area contributed by atoms with Crippen molar-refractivity contribution < 1.29 is 4.79 Å². The molecule has 0 aliphatic rings. The van der Waals surface area contributed by atoms with E-state index in [1.54, 1.807) is 24.5 Å². The van der Waals surface area contributed by atoms with E-state index < -0.39 is 6.04 Å². The van der Waals surface area contributed by atoms with Gasteiger partial charge in [-0.3, -0.25) is 9.69 Å². The zero-order valence-corrected chi connectivity index (χ0v) is 16.3. The van der Waals surface area contributed by atoms with Gasteiger partial charge in [0.1, 0.15) is 18.2 Å². The van der Waals surface area contributed by atoms with Crippen molar-refractivity contribution in [3.63, 3.8) is 0 Å². The maximum Gasteiger partial charge on any atom is 0.242 e. The molecule has 0 unspecified atom stereocenters. The molecule has 0 radical (unpaired) electrons. The van der Waals surface area contributed by atoms with Crippen molar-refractivity contribution >= 4 is 29.1 Å². The van der Waals surface area contributed by atoms with Gasteiger partial charge in [-0.25, -0.2) is 0 Å². The molecular weight excluding hydrogens is 361 g/mol. The molecule has 0 aliphatic carbocycles. The Balaban J connectivity index is 2.04. The highest BCUT2D eigenvalue weighted by Crippen LogP contribution is 2.26. The molecule has 1 aromatic heterocycles. The average molecular weight is 384 g/mol. The van der Waals surface area contributed by atoms with E-state index in [0.29, 0.717) is 23.1 Å². The van der Waals surface area contributed by atoms with Gasteiger partial charge in [0.2, 0.25) is 5.91 Å². The van der Waals surface area contributed by atoms with Crippen LogP contribution in [-0.2, 0) is 11.3 Å². The van der Waals surface area contributed by atoms with Crippen LogP contribution in [0.25, 0.3) is 0 Å². The van der Waals surface area contributed by atoms with Crippen LogP contribution in [0, 0.1) is 0 Å². The molecule has 1 heterocycles. The van der Waals surface area contributed by atoms with E-state index in [4.69, 9.17) is 23.2 Å². The first kappa shape index (κ1) is 19.7. The number of nitrogens with one attached hydrogen (secondary N) is 1. The Morgan fingerprint density at radius 2 is 1.88 bits per heavy atom. The topological polar surface area (TPSA) is 63.1 Å². The Labute approximate surface area is 158 Å². The first-order valence-electron chi connectivity index (χ1n) is 8.07. The van der Waals surface area contributed by atoms with Crippen molar-refractivity contribution in [3.8, 4) is 0 Å². The van der Waals surface area contributed by atoms with Crippen LogP contribution in [0.2, 0.25) is 10.0 Å². The zero-order chi connectivity index (χ0) is 18.6. The minimum Gasteiger partial charge on any atom is -0.353 e. The number of nitrogens with zero attached hydrogens (tertiary/aromatic N) is 4. The van der Waals surface area contributed by atoms with Gasteiger partial charge in [0.25, 0.3) is 0 Å². The molecular formula is C17H23Cl2N5O. The van der Waals surface area contributed by atoms with E-state index in [2.05, 4.69) is 29.4 Å². The van der Waals surface area contributed by atoms with Crippen molar-refractivity contribution in [2.75, 3.05) is 20.6 Å². The summed E-state index contributed by atoms with van der Waals surface area (Å²) in [5.41, 5.74) is 0.757. The second-order valence-electron chi connectivity index (χ2n) is 6.40. The molecule has 0 bridgehead atoms. The quantitative estimate of drug-likeness (QED) is 0.797. The van der Waals surface area contributed by atoms with E-state index in [1.807, 2.05) is 23.6 Å². The van der Waals surface area contributed by atoms with Crippen LogP contribution in [0.1, 0.15) is 37.2 Å². The van der Waals surface area contributed by atoms with E-state index in [9.17, 15) is 4.79 Å². The Morgan fingerprint density at radius 3 is 2.44 bits per heavy atom. The fraction of sp³-hybridized carbons (Fsp3) is 0.471. The molecule has 136 valence electrons. The van der Waals surface area contributed by atoms with Crippen molar-refractivity contribution in [1.82, 2.24) is 25.0 Å². The maximum absolute atomic E-state index is 12.7. The second-order valence-corrected chi connectivity index (χ2v) is 7.27. The first-order chi connectivity index (χ1) is 11.8. The summed E-state index contributed by atoms with van der Waals surface area (Å²) in [6.07, 6.45) is 1.68. The summed E-state index contributed by atoms with van der Waals surface area (Å²) in [6, 6.07) is 4.70. The summed E-state index contributed by atoms with van der Waals surface area (Å²) < 4.78 is 1.95. The lowest BCUT2D eigenvalue weighted by atomic mass is 10.1. The average Bonchev–Trinajstić information content (AvgIpc) is 2.94. The number of likely N-dealkylation sites (N-methyl/N-ethyl adjacent to an activating group) is 1. The summed E-state index contributed by atoms with van der Waals surface area (Å²) in [5.74, 6) is 1.07. The monoisotopic (exact) mass is 383 g/mol. The standard InChI is InChI=1S/C17H23Cl2N5O/c1-11(2)16-22-21-10-24(16)6-5-20-17(25)15(23(3)4)12-7-13(18)9-14(19)8-12/h7-11,15H,5-6H2,1-4H3,(H,20,25)/t15-/m1/s1. The summed E-state index contributed by atoms with van der Waals surface area (Å²) >= 11 is 12.1. The smallest absolute Gasteiger partial charge is 0.242 e. The molecule has 0 spiro atoms. The second kappa shape index (κ2) is 8.65. The maximum atomic E-state index is 12.7. The van der Waals surface area contributed by atoms with Gasteiger partial charge in [0, 0.05) is 29.1 Å². The lowest BCUT2D eigenvalue weighted by Gasteiger charge is -2.24. The van der Waals surface area contributed by atoms with Crippen molar-refractivity contribution in [1.29, 1.82) is 0 Å². The minimum absolute atomic E-state index is 0.109. The Bertz CT molecular complexity index is 709. The van der Waals surface area contributed by atoms with Gasteiger partial charge in [-0.2, -0.15) is 0 Å². The Morgan fingerprint density at radius 1 is 1.24 bits per heavy atom. The third kappa shape index (κ3) is 5.17. The molecule has 8 heteroatoms. The molecule has 2 aromatic rings. The minimum atomic E-state index is -0.471. The summed E-state index contributed by atoms with van der Waals surface area (Å²) in [4.78, 5) is 14.5. The number of carbonyl (C=O) groups is 1. The number of hydrogen-bond donors (Lipinski definition) is 1. The number of amides is 1. The van der Waals surface area contributed by atoms with Crippen LogP contribution in [-0.4, -0.2) is 46.2 Å². The molecule has 1 atom stereocenters. The van der Waals surface area contributed by atoms with Gasteiger partial charge < -0.3 is 9.88 Å². The Hall–Kier alpha value is -1.63. The molecule has 0 aliphatic heterocycles. The van der Waals surface area contributed by atoms with Gasteiger partial charge >= 0.3 is 0 Å².